The number of benzene rings is 2. The van der Waals surface area contributed by atoms with Crippen molar-refractivity contribution in [1.29, 1.82) is 0 Å². The van der Waals surface area contributed by atoms with Crippen molar-refractivity contribution >= 4 is 38.4 Å². The number of nitrogens with zero attached hydrogens (tertiary/aromatic N) is 3. The van der Waals surface area contributed by atoms with Crippen molar-refractivity contribution in [1.82, 2.24) is 14.4 Å². The molecule has 0 atom stereocenters. The Labute approximate surface area is 211 Å². The Balaban J connectivity index is 1.68. The zero-order valence-electron chi connectivity index (χ0n) is 20.0. The Kier molecular flexibility index (Phi) is 6.42. The molecular weight excluding hydrogens is 479 g/mol. The van der Waals surface area contributed by atoms with Crippen LogP contribution in [0.15, 0.2) is 65.5 Å². The Morgan fingerprint density at radius 2 is 1.67 bits per heavy atom. The third-order valence-electron chi connectivity index (χ3n) is 6.43. The third-order valence-corrected chi connectivity index (χ3v) is 7.54. The highest BCUT2D eigenvalue weighted by atomic mass is 32.1. The molecule has 1 N–H and O–H groups in total. The molecule has 1 aliphatic rings. The molecule has 3 heterocycles. The van der Waals surface area contributed by atoms with Crippen LogP contribution in [0.3, 0.4) is 0 Å². The van der Waals surface area contributed by atoms with Gasteiger partial charge < -0.3 is 9.80 Å². The number of piperazine rings is 1. The van der Waals surface area contributed by atoms with Crippen LogP contribution in [0.1, 0.15) is 21.5 Å². The molecule has 9 heteroatoms. The number of rotatable bonds is 4. The topological polar surface area (TPSA) is 74.7 Å². The summed E-state index contributed by atoms with van der Waals surface area (Å²) in [5, 5.41) is 3.66. The molecule has 5 rings (SSSR count). The quantitative estimate of drug-likeness (QED) is 0.415. The molecule has 0 unspecified atom stereocenters. The van der Waals surface area contributed by atoms with E-state index in [4.69, 9.17) is 0 Å². The molecule has 2 aromatic heterocycles. The van der Waals surface area contributed by atoms with E-state index in [1.54, 1.807) is 42.2 Å². The fourth-order valence-electron chi connectivity index (χ4n) is 4.36. The van der Waals surface area contributed by atoms with Gasteiger partial charge in [0.25, 0.3) is 5.56 Å². The van der Waals surface area contributed by atoms with E-state index in [9.17, 15) is 14.4 Å². The first kappa shape index (κ1) is 23.9. The Morgan fingerprint density at radius 3 is 2.39 bits per heavy atom. The summed E-state index contributed by atoms with van der Waals surface area (Å²) in [6, 6.07) is 16.4. The van der Waals surface area contributed by atoms with Gasteiger partial charge in [-0.15, -0.1) is 0 Å². The average Bonchev–Trinajstić information content (AvgIpc) is 3.23. The molecule has 0 aliphatic carbocycles. The van der Waals surface area contributed by atoms with Gasteiger partial charge in [0.2, 0.25) is 0 Å². The number of thiophene rings is 1. The van der Waals surface area contributed by atoms with Gasteiger partial charge in [-0.3, -0.25) is 19.5 Å². The van der Waals surface area contributed by atoms with Crippen LogP contribution in [0.25, 0.3) is 15.9 Å². The van der Waals surface area contributed by atoms with Crippen LogP contribution in [-0.2, 0) is 0 Å². The zero-order valence-corrected chi connectivity index (χ0v) is 20.8. The van der Waals surface area contributed by atoms with Crippen LogP contribution >= 0.6 is 11.3 Å². The van der Waals surface area contributed by atoms with E-state index in [2.05, 4.69) is 10.2 Å². The number of carbonyl (C=O) groups is 2. The summed E-state index contributed by atoms with van der Waals surface area (Å²) in [5.41, 5.74) is 0.804. The fraction of sp³-hybridized carbons (Fsp3) is 0.222. The number of likely N-dealkylation sites (N-methyl/N-ethyl adjacent to an activating group) is 1. The molecule has 0 radical (unpaired) electrons. The first-order chi connectivity index (χ1) is 17.3. The second-order valence-electron chi connectivity index (χ2n) is 8.85. The summed E-state index contributed by atoms with van der Waals surface area (Å²) in [7, 11) is 2.00. The number of halogens is 1. The standard InChI is InChI=1S/C27H25FN4O3S/c1-17-7-6-10-20(23(17)28)24(34)22-19-11-12-21(33)32(18-8-4-3-5-9-18)26(19)36-25(22)29-27(35)31-15-13-30(2)14-16-31/h3-12H,13-16H2,1-2H3,(H,29,35). The Morgan fingerprint density at radius 1 is 0.944 bits per heavy atom. The van der Waals surface area contributed by atoms with Gasteiger partial charge in [-0.2, -0.15) is 0 Å². The zero-order chi connectivity index (χ0) is 25.4. The first-order valence-corrected chi connectivity index (χ1v) is 12.4. The van der Waals surface area contributed by atoms with Crippen LogP contribution < -0.4 is 10.9 Å². The minimum absolute atomic E-state index is 0.0812. The Bertz CT molecular complexity index is 1520. The summed E-state index contributed by atoms with van der Waals surface area (Å²) in [4.78, 5) is 44.2. The van der Waals surface area contributed by atoms with Crippen molar-refractivity contribution < 1.29 is 14.0 Å². The summed E-state index contributed by atoms with van der Waals surface area (Å²) >= 11 is 1.14. The molecule has 1 saturated heterocycles. The predicted octanol–water partition coefficient (Wildman–Crippen LogP) is 4.51. The molecule has 0 spiro atoms. The molecule has 2 aromatic carbocycles. The smallest absolute Gasteiger partial charge is 0.322 e. The lowest BCUT2D eigenvalue weighted by Gasteiger charge is -2.32. The van der Waals surface area contributed by atoms with Crippen LogP contribution in [0, 0.1) is 12.7 Å². The van der Waals surface area contributed by atoms with E-state index in [1.165, 1.54) is 16.7 Å². The van der Waals surface area contributed by atoms with Crippen molar-refractivity contribution in [2.45, 2.75) is 6.92 Å². The maximum Gasteiger partial charge on any atom is 0.322 e. The number of carbonyl (C=O) groups excluding carboxylic acids is 2. The lowest BCUT2D eigenvalue weighted by atomic mass is 10.00. The highest BCUT2D eigenvalue weighted by Gasteiger charge is 2.28. The molecule has 1 fully saturated rings. The molecule has 36 heavy (non-hydrogen) atoms. The summed E-state index contributed by atoms with van der Waals surface area (Å²) < 4.78 is 16.5. The summed E-state index contributed by atoms with van der Waals surface area (Å²) in [6.45, 7) is 4.19. The van der Waals surface area contributed by atoms with Crippen LogP contribution in [0.4, 0.5) is 14.2 Å². The predicted molar refractivity (Wildman–Crippen MR) is 140 cm³/mol. The normalized spacial score (nSPS) is 14.2. The summed E-state index contributed by atoms with van der Waals surface area (Å²) in [6.07, 6.45) is 0. The fourth-order valence-corrected chi connectivity index (χ4v) is 5.56. The number of fused-ring (bicyclic) bond motifs is 1. The van der Waals surface area contributed by atoms with E-state index in [-0.39, 0.29) is 27.7 Å². The van der Waals surface area contributed by atoms with Crippen molar-refractivity contribution in [3.8, 4) is 5.69 Å². The van der Waals surface area contributed by atoms with E-state index in [1.807, 2.05) is 25.2 Å². The number of urea groups is 1. The average molecular weight is 505 g/mol. The lowest BCUT2D eigenvalue weighted by Crippen LogP contribution is -2.48. The second-order valence-corrected chi connectivity index (χ2v) is 9.85. The van der Waals surface area contributed by atoms with Gasteiger partial charge in [-0.25, -0.2) is 9.18 Å². The molecule has 184 valence electrons. The number of anilines is 1. The molecule has 4 aromatic rings. The minimum Gasteiger partial charge on any atom is -0.322 e. The van der Waals surface area contributed by atoms with E-state index >= 15 is 4.39 Å². The monoisotopic (exact) mass is 504 g/mol. The maximum atomic E-state index is 15.0. The molecule has 0 saturated carbocycles. The highest BCUT2D eigenvalue weighted by molar-refractivity contribution is 7.23. The largest absolute Gasteiger partial charge is 0.322 e. The number of hydrogen-bond acceptors (Lipinski definition) is 5. The van der Waals surface area contributed by atoms with Crippen molar-refractivity contribution in [2.24, 2.45) is 0 Å². The van der Waals surface area contributed by atoms with Crippen LogP contribution in [-0.4, -0.2) is 59.4 Å². The second kappa shape index (κ2) is 9.67. The number of hydrogen-bond donors (Lipinski definition) is 1. The Hall–Kier alpha value is -3.82. The first-order valence-electron chi connectivity index (χ1n) is 11.6. The number of aryl methyl sites for hydroxylation is 1. The van der Waals surface area contributed by atoms with Gasteiger partial charge in [0.1, 0.15) is 15.6 Å². The van der Waals surface area contributed by atoms with Crippen molar-refractivity contribution in [3.05, 3.63) is 93.5 Å². The van der Waals surface area contributed by atoms with Gasteiger partial charge in [0.15, 0.2) is 5.78 Å². The number of aromatic nitrogens is 1. The van der Waals surface area contributed by atoms with Gasteiger partial charge in [-0.1, -0.05) is 41.7 Å². The number of nitrogens with one attached hydrogen (secondary N) is 1. The molecule has 1 aliphatic heterocycles. The SMILES string of the molecule is Cc1cccc(C(=O)c2c(NC(=O)N3CCN(C)CC3)sc3c2ccc(=O)n3-c2ccccc2)c1F. The van der Waals surface area contributed by atoms with Crippen molar-refractivity contribution in [3.63, 3.8) is 0 Å². The van der Waals surface area contributed by atoms with Crippen LogP contribution in [0.2, 0.25) is 0 Å². The van der Waals surface area contributed by atoms with Gasteiger partial charge in [0, 0.05) is 37.6 Å². The minimum atomic E-state index is -0.602. The van der Waals surface area contributed by atoms with Crippen molar-refractivity contribution in [2.75, 3.05) is 38.5 Å². The number of ketones is 1. The molecule has 0 bridgehead atoms. The van der Waals surface area contributed by atoms with Gasteiger partial charge in [-0.05, 0) is 43.8 Å². The van der Waals surface area contributed by atoms with E-state index in [0.29, 0.717) is 34.6 Å². The van der Waals surface area contributed by atoms with Gasteiger partial charge in [0.05, 0.1) is 16.8 Å². The molecular formula is C27H25FN4O3S. The van der Waals surface area contributed by atoms with E-state index < -0.39 is 11.6 Å². The lowest BCUT2D eigenvalue weighted by molar-refractivity contribution is 0.103. The third kappa shape index (κ3) is 4.31. The maximum absolute atomic E-state index is 15.0. The highest BCUT2D eigenvalue weighted by Crippen LogP contribution is 2.38. The number of pyridine rings is 1. The van der Waals surface area contributed by atoms with Crippen LogP contribution in [0.5, 0.6) is 0 Å². The number of para-hydroxylation sites is 1. The number of amides is 2. The van der Waals surface area contributed by atoms with Gasteiger partial charge >= 0.3 is 6.03 Å². The molecule has 2 amide bonds. The summed E-state index contributed by atoms with van der Waals surface area (Å²) in [5.74, 6) is -1.15. The van der Waals surface area contributed by atoms with E-state index in [0.717, 1.165) is 24.4 Å². The molecule has 7 nitrogen and oxygen atoms in total.